The van der Waals surface area contributed by atoms with Gasteiger partial charge in [0.15, 0.2) is 0 Å². The summed E-state index contributed by atoms with van der Waals surface area (Å²) >= 11 is 15.5. The molecular formula is C21H20BrCl2N3O2. The lowest BCUT2D eigenvalue weighted by molar-refractivity contribution is 0.0783. The van der Waals surface area contributed by atoms with Gasteiger partial charge in [0.25, 0.3) is 5.91 Å². The number of nitrogens with zero attached hydrogens (tertiary/aromatic N) is 3. The number of rotatable bonds is 7. The summed E-state index contributed by atoms with van der Waals surface area (Å²) in [5.41, 5.74) is 2.36. The van der Waals surface area contributed by atoms with Crippen LogP contribution in [0.3, 0.4) is 0 Å². The van der Waals surface area contributed by atoms with Gasteiger partial charge >= 0.3 is 0 Å². The van der Waals surface area contributed by atoms with Crippen molar-refractivity contribution < 1.29 is 9.53 Å². The quantitative estimate of drug-likeness (QED) is 0.413. The third-order valence-corrected chi connectivity index (χ3v) is 5.53. The van der Waals surface area contributed by atoms with Crippen LogP contribution in [0.5, 0.6) is 5.75 Å². The van der Waals surface area contributed by atoms with Gasteiger partial charge in [0.05, 0.1) is 21.7 Å². The minimum Gasteiger partial charge on any atom is -0.487 e. The minimum atomic E-state index is -0.0730. The number of ether oxygens (including phenoxy) is 1. The predicted molar refractivity (Wildman–Crippen MR) is 119 cm³/mol. The lowest BCUT2D eigenvalue weighted by Gasteiger charge is -2.16. The lowest BCUT2D eigenvalue weighted by atomic mass is 10.1. The second-order valence-electron chi connectivity index (χ2n) is 6.50. The SMILES string of the molecule is CCn1cc(Br)c(CN(C)C(=O)c2ccc(COc3ccc(Cl)cc3Cl)cc2)n1. The Morgan fingerprint density at radius 2 is 1.93 bits per heavy atom. The summed E-state index contributed by atoms with van der Waals surface area (Å²) < 4.78 is 8.46. The van der Waals surface area contributed by atoms with Crippen molar-refractivity contribution in [2.24, 2.45) is 0 Å². The summed E-state index contributed by atoms with van der Waals surface area (Å²) in [6.07, 6.45) is 1.91. The zero-order valence-electron chi connectivity index (χ0n) is 16.0. The molecule has 5 nitrogen and oxygen atoms in total. The molecule has 152 valence electrons. The summed E-state index contributed by atoms with van der Waals surface area (Å²) in [6.45, 7) is 3.56. The first kappa shape index (κ1) is 21.7. The summed E-state index contributed by atoms with van der Waals surface area (Å²) in [4.78, 5) is 14.4. The molecule has 0 unspecified atom stereocenters. The van der Waals surface area contributed by atoms with E-state index in [0.717, 1.165) is 22.3 Å². The highest BCUT2D eigenvalue weighted by Gasteiger charge is 2.15. The third-order valence-electron chi connectivity index (χ3n) is 4.33. The van der Waals surface area contributed by atoms with Gasteiger partial charge in [0, 0.05) is 30.4 Å². The molecule has 1 amide bonds. The topological polar surface area (TPSA) is 47.4 Å². The number of hydrogen-bond donors (Lipinski definition) is 0. The van der Waals surface area contributed by atoms with Crippen molar-refractivity contribution in [1.82, 2.24) is 14.7 Å². The van der Waals surface area contributed by atoms with E-state index in [-0.39, 0.29) is 5.91 Å². The van der Waals surface area contributed by atoms with Crippen LogP contribution in [-0.2, 0) is 19.7 Å². The number of aromatic nitrogens is 2. The van der Waals surface area contributed by atoms with Crippen molar-refractivity contribution in [2.45, 2.75) is 26.6 Å². The van der Waals surface area contributed by atoms with Crippen molar-refractivity contribution >= 4 is 45.0 Å². The molecule has 0 aliphatic heterocycles. The Morgan fingerprint density at radius 1 is 1.21 bits per heavy atom. The molecule has 0 spiro atoms. The van der Waals surface area contributed by atoms with Gasteiger partial charge in [-0.2, -0.15) is 5.10 Å². The lowest BCUT2D eigenvalue weighted by Crippen LogP contribution is -2.26. The molecule has 0 aliphatic carbocycles. The molecule has 2 aromatic carbocycles. The number of benzene rings is 2. The molecule has 29 heavy (non-hydrogen) atoms. The summed E-state index contributed by atoms with van der Waals surface area (Å²) in [6, 6.07) is 12.4. The number of aryl methyl sites for hydroxylation is 1. The van der Waals surface area contributed by atoms with Gasteiger partial charge in [-0.05, 0) is 58.7 Å². The molecule has 0 bridgehead atoms. The Hall–Kier alpha value is -2.02. The summed E-state index contributed by atoms with van der Waals surface area (Å²) in [5, 5.41) is 5.48. The fraction of sp³-hybridized carbons (Fsp3) is 0.238. The molecule has 1 aromatic heterocycles. The maximum atomic E-state index is 12.7. The molecule has 0 aliphatic rings. The Labute approximate surface area is 188 Å². The van der Waals surface area contributed by atoms with Crippen LogP contribution in [0.1, 0.15) is 28.5 Å². The fourth-order valence-corrected chi connectivity index (χ4v) is 3.62. The first-order valence-corrected chi connectivity index (χ1v) is 10.6. The molecule has 0 saturated carbocycles. The number of carbonyl (C=O) groups is 1. The van der Waals surface area contributed by atoms with E-state index in [0.29, 0.717) is 34.5 Å². The van der Waals surface area contributed by atoms with Crippen LogP contribution >= 0.6 is 39.1 Å². The third kappa shape index (κ3) is 5.53. The van der Waals surface area contributed by atoms with Crippen LogP contribution in [0.2, 0.25) is 10.0 Å². The van der Waals surface area contributed by atoms with Crippen LogP contribution in [0.25, 0.3) is 0 Å². The van der Waals surface area contributed by atoms with E-state index in [4.69, 9.17) is 27.9 Å². The highest BCUT2D eigenvalue weighted by molar-refractivity contribution is 9.10. The zero-order chi connectivity index (χ0) is 21.0. The van der Waals surface area contributed by atoms with Crippen LogP contribution in [0.4, 0.5) is 0 Å². The van der Waals surface area contributed by atoms with E-state index in [1.54, 1.807) is 42.3 Å². The maximum Gasteiger partial charge on any atom is 0.253 e. The van der Waals surface area contributed by atoms with E-state index in [1.807, 2.05) is 29.9 Å². The Balaban J connectivity index is 1.61. The molecule has 0 atom stereocenters. The molecule has 3 aromatic rings. The van der Waals surface area contributed by atoms with Crippen LogP contribution < -0.4 is 4.74 Å². The summed E-state index contributed by atoms with van der Waals surface area (Å²) in [5.74, 6) is 0.490. The molecule has 8 heteroatoms. The average Bonchev–Trinajstić information content (AvgIpc) is 3.06. The predicted octanol–water partition coefficient (Wildman–Crippen LogP) is 5.82. The Bertz CT molecular complexity index is 1010. The van der Waals surface area contributed by atoms with Gasteiger partial charge in [0.1, 0.15) is 12.4 Å². The van der Waals surface area contributed by atoms with Crippen molar-refractivity contribution in [1.29, 1.82) is 0 Å². The van der Waals surface area contributed by atoms with E-state index < -0.39 is 0 Å². The molecule has 0 saturated heterocycles. The van der Waals surface area contributed by atoms with Gasteiger partial charge in [-0.1, -0.05) is 35.3 Å². The molecule has 3 rings (SSSR count). The smallest absolute Gasteiger partial charge is 0.253 e. The Kier molecular flexibility index (Phi) is 7.22. The summed E-state index contributed by atoms with van der Waals surface area (Å²) in [7, 11) is 1.76. The van der Waals surface area contributed by atoms with Crippen molar-refractivity contribution in [3.8, 4) is 5.75 Å². The monoisotopic (exact) mass is 495 g/mol. The van der Waals surface area contributed by atoms with E-state index in [9.17, 15) is 4.79 Å². The fourth-order valence-electron chi connectivity index (χ4n) is 2.72. The standard InChI is InChI=1S/C21H20BrCl2N3O2/c1-3-27-11-17(22)19(25-27)12-26(2)21(28)15-6-4-14(5-7-15)13-29-20-9-8-16(23)10-18(20)24/h4-11H,3,12-13H2,1-2H3. The van der Waals surface area contributed by atoms with Crippen molar-refractivity contribution in [3.63, 3.8) is 0 Å². The molecule has 0 radical (unpaired) electrons. The highest BCUT2D eigenvalue weighted by Crippen LogP contribution is 2.28. The van der Waals surface area contributed by atoms with Gasteiger partial charge in [-0.3, -0.25) is 9.48 Å². The molecular weight excluding hydrogens is 477 g/mol. The van der Waals surface area contributed by atoms with Crippen molar-refractivity contribution in [2.75, 3.05) is 7.05 Å². The van der Waals surface area contributed by atoms with Gasteiger partial charge in [-0.15, -0.1) is 0 Å². The van der Waals surface area contributed by atoms with Gasteiger partial charge < -0.3 is 9.64 Å². The second-order valence-corrected chi connectivity index (χ2v) is 8.20. The number of hydrogen-bond acceptors (Lipinski definition) is 3. The highest BCUT2D eigenvalue weighted by atomic mass is 79.9. The van der Waals surface area contributed by atoms with E-state index >= 15 is 0 Å². The van der Waals surface area contributed by atoms with Crippen LogP contribution in [0, 0.1) is 0 Å². The van der Waals surface area contributed by atoms with E-state index in [2.05, 4.69) is 21.0 Å². The molecule has 0 fully saturated rings. The van der Waals surface area contributed by atoms with Crippen LogP contribution in [-0.4, -0.2) is 27.6 Å². The van der Waals surface area contributed by atoms with Gasteiger partial charge in [0.2, 0.25) is 0 Å². The maximum absolute atomic E-state index is 12.7. The first-order chi connectivity index (χ1) is 13.9. The molecule has 1 heterocycles. The Morgan fingerprint density at radius 3 is 2.55 bits per heavy atom. The van der Waals surface area contributed by atoms with Crippen LogP contribution in [0.15, 0.2) is 53.1 Å². The van der Waals surface area contributed by atoms with Crippen molar-refractivity contribution in [3.05, 3.63) is 80.0 Å². The number of amides is 1. The number of carbonyl (C=O) groups excluding carboxylic acids is 1. The molecule has 0 N–H and O–H groups in total. The minimum absolute atomic E-state index is 0.0730. The normalized spacial score (nSPS) is 10.8. The van der Waals surface area contributed by atoms with E-state index in [1.165, 1.54) is 0 Å². The largest absolute Gasteiger partial charge is 0.487 e. The average molecular weight is 497 g/mol. The zero-order valence-corrected chi connectivity index (χ0v) is 19.1. The van der Waals surface area contributed by atoms with Gasteiger partial charge in [-0.25, -0.2) is 0 Å². The second kappa shape index (κ2) is 9.65. The number of halogens is 3. The first-order valence-electron chi connectivity index (χ1n) is 9.01.